The molecule has 1 aliphatic rings. The summed E-state index contributed by atoms with van der Waals surface area (Å²) in [7, 11) is 3.28. The Morgan fingerprint density at radius 2 is 1.56 bits per heavy atom. The highest BCUT2D eigenvalue weighted by atomic mass is 19.3. The van der Waals surface area contributed by atoms with Crippen LogP contribution in [0.2, 0.25) is 0 Å². The highest BCUT2D eigenvalue weighted by Gasteiger charge is 2.32. The molecular weight excluding hydrogens is 448 g/mol. The average molecular weight is 475 g/mol. The standard InChI is InChI=1S/C24H27F2N3O5/c1-29(2)12-20(23(32)27-19(22(25)26)11-21(30)31)28-24(33)34-13-18-16-9-5-3-7-14(16)15-8-4-6-10-17(15)18/h3-10,18-20,22H,11-13H2,1-2H3,(H,27,32)(H,28,33)(H,30,31)/t19?,20-/m0/s1. The van der Waals surface area contributed by atoms with Gasteiger partial charge < -0.3 is 25.4 Å². The van der Waals surface area contributed by atoms with Crippen LogP contribution in [0.4, 0.5) is 13.6 Å². The molecule has 0 fully saturated rings. The number of amides is 2. The molecule has 1 aliphatic carbocycles. The van der Waals surface area contributed by atoms with Crippen molar-refractivity contribution in [3.05, 3.63) is 59.7 Å². The predicted octanol–water partition coefficient (Wildman–Crippen LogP) is 2.68. The molecule has 8 nitrogen and oxygen atoms in total. The monoisotopic (exact) mass is 475 g/mol. The van der Waals surface area contributed by atoms with Crippen LogP contribution in [0.1, 0.15) is 23.5 Å². The lowest BCUT2D eigenvalue weighted by Crippen LogP contribution is -2.55. The van der Waals surface area contributed by atoms with Gasteiger partial charge >= 0.3 is 12.1 Å². The van der Waals surface area contributed by atoms with Gasteiger partial charge in [0, 0.05) is 12.5 Å². The van der Waals surface area contributed by atoms with Crippen LogP contribution >= 0.6 is 0 Å². The Morgan fingerprint density at radius 1 is 1.00 bits per heavy atom. The van der Waals surface area contributed by atoms with Gasteiger partial charge in [0.1, 0.15) is 18.7 Å². The summed E-state index contributed by atoms with van der Waals surface area (Å²) in [4.78, 5) is 37.5. The third-order valence-corrected chi connectivity index (χ3v) is 5.53. The summed E-state index contributed by atoms with van der Waals surface area (Å²) in [5, 5.41) is 13.2. The van der Waals surface area contributed by atoms with Crippen molar-refractivity contribution < 1.29 is 33.0 Å². The molecule has 182 valence electrons. The van der Waals surface area contributed by atoms with Crippen molar-refractivity contribution in [1.29, 1.82) is 0 Å². The summed E-state index contributed by atoms with van der Waals surface area (Å²) in [5.41, 5.74) is 4.17. The number of alkyl halides is 2. The van der Waals surface area contributed by atoms with E-state index >= 15 is 0 Å². The Kier molecular flexibility index (Phi) is 8.17. The number of hydrogen-bond donors (Lipinski definition) is 3. The SMILES string of the molecule is CN(C)C[C@H](NC(=O)OCC1c2ccccc2-c2ccccc21)C(=O)NC(CC(=O)O)C(F)F. The number of aliphatic carboxylic acids is 1. The maximum absolute atomic E-state index is 13.1. The second-order valence-electron chi connectivity index (χ2n) is 8.33. The van der Waals surface area contributed by atoms with E-state index in [4.69, 9.17) is 9.84 Å². The van der Waals surface area contributed by atoms with Crippen LogP contribution in [0.3, 0.4) is 0 Å². The Bertz CT molecular complexity index is 1000. The zero-order valence-corrected chi connectivity index (χ0v) is 18.8. The predicted molar refractivity (Wildman–Crippen MR) is 121 cm³/mol. The number of likely N-dealkylation sites (N-methyl/N-ethyl adjacent to an activating group) is 1. The normalized spacial score (nSPS) is 14.3. The van der Waals surface area contributed by atoms with Gasteiger partial charge in [-0.05, 0) is 36.3 Å². The molecule has 2 amide bonds. The number of fused-ring (bicyclic) bond motifs is 3. The highest BCUT2D eigenvalue weighted by Crippen LogP contribution is 2.44. The lowest BCUT2D eigenvalue weighted by Gasteiger charge is -2.24. The molecule has 2 aromatic carbocycles. The first-order chi connectivity index (χ1) is 16.2. The van der Waals surface area contributed by atoms with E-state index < -0.39 is 42.9 Å². The minimum Gasteiger partial charge on any atom is -0.481 e. The van der Waals surface area contributed by atoms with E-state index in [-0.39, 0.29) is 19.1 Å². The molecule has 0 bridgehead atoms. The minimum absolute atomic E-state index is 0.000934. The number of ether oxygens (including phenoxy) is 1. The van der Waals surface area contributed by atoms with Crippen molar-refractivity contribution in [2.75, 3.05) is 27.2 Å². The zero-order chi connectivity index (χ0) is 24.8. The lowest BCUT2D eigenvalue weighted by atomic mass is 9.98. The molecule has 1 unspecified atom stereocenters. The number of carboxylic acids is 1. The molecule has 10 heteroatoms. The fraction of sp³-hybridized carbons (Fsp3) is 0.375. The fourth-order valence-corrected chi connectivity index (χ4v) is 4.02. The van der Waals surface area contributed by atoms with Gasteiger partial charge in [-0.1, -0.05) is 48.5 Å². The van der Waals surface area contributed by atoms with Gasteiger partial charge in [-0.15, -0.1) is 0 Å². The number of carbonyl (C=O) groups is 3. The Hall–Kier alpha value is -3.53. The van der Waals surface area contributed by atoms with Crippen LogP contribution in [0.15, 0.2) is 48.5 Å². The maximum Gasteiger partial charge on any atom is 0.407 e. The van der Waals surface area contributed by atoms with Crippen molar-refractivity contribution in [2.45, 2.75) is 30.8 Å². The summed E-state index contributed by atoms with van der Waals surface area (Å²) < 4.78 is 31.7. The van der Waals surface area contributed by atoms with Crippen molar-refractivity contribution in [3.8, 4) is 11.1 Å². The number of carbonyl (C=O) groups excluding carboxylic acids is 2. The first-order valence-electron chi connectivity index (χ1n) is 10.7. The van der Waals surface area contributed by atoms with Crippen LogP contribution in [0, 0.1) is 0 Å². The fourth-order valence-electron chi connectivity index (χ4n) is 4.02. The van der Waals surface area contributed by atoms with Gasteiger partial charge in [0.15, 0.2) is 0 Å². The van der Waals surface area contributed by atoms with Crippen LogP contribution in [-0.2, 0) is 14.3 Å². The first-order valence-corrected chi connectivity index (χ1v) is 10.7. The van der Waals surface area contributed by atoms with Crippen LogP contribution < -0.4 is 10.6 Å². The van der Waals surface area contributed by atoms with Gasteiger partial charge in [0.25, 0.3) is 6.43 Å². The summed E-state index contributed by atoms with van der Waals surface area (Å²) in [6.45, 7) is 0.0217. The average Bonchev–Trinajstić information content (AvgIpc) is 3.10. The third kappa shape index (κ3) is 6.07. The van der Waals surface area contributed by atoms with Crippen molar-refractivity contribution in [3.63, 3.8) is 0 Å². The van der Waals surface area contributed by atoms with Crippen molar-refractivity contribution in [2.24, 2.45) is 0 Å². The Morgan fingerprint density at radius 3 is 2.06 bits per heavy atom. The molecule has 2 atom stereocenters. The molecule has 0 radical (unpaired) electrons. The lowest BCUT2D eigenvalue weighted by molar-refractivity contribution is -0.139. The van der Waals surface area contributed by atoms with E-state index in [1.807, 2.05) is 53.8 Å². The Labute approximate surface area is 195 Å². The molecule has 0 aliphatic heterocycles. The molecule has 0 spiro atoms. The van der Waals surface area contributed by atoms with Crippen LogP contribution in [0.5, 0.6) is 0 Å². The molecule has 3 N–H and O–H groups in total. The van der Waals surface area contributed by atoms with Crippen molar-refractivity contribution >= 4 is 18.0 Å². The molecule has 0 saturated carbocycles. The molecule has 0 saturated heterocycles. The summed E-state index contributed by atoms with van der Waals surface area (Å²) in [5.74, 6) is -2.58. The molecular formula is C24H27F2N3O5. The van der Waals surface area contributed by atoms with Crippen molar-refractivity contribution in [1.82, 2.24) is 15.5 Å². The van der Waals surface area contributed by atoms with Gasteiger partial charge in [-0.3, -0.25) is 9.59 Å². The second kappa shape index (κ2) is 11.1. The topological polar surface area (TPSA) is 108 Å². The first kappa shape index (κ1) is 25.1. The molecule has 2 aromatic rings. The largest absolute Gasteiger partial charge is 0.481 e. The van der Waals surface area contributed by atoms with Crippen LogP contribution in [0.25, 0.3) is 11.1 Å². The number of halogens is 2. The summed E-state index contributed by atoms with van der Waals surface area (Å²) in [6, 6.07) is 12.5. The van der Waals surface area contributed by atoms with E-state index in [1.54, 1.807) is 19.0 Å². The van der Waals surface area contributed by atoms with E-state index in [1.165, 1.54) is 0 Å². The van der Waals surface area contributed by atoms with Gasteiger partial charge in [0.05, 0.1) is 6.42 Å². The number of carboxylic acid groups (broad SMARTS) is 1. The van der Waals surface area contributed by atoms with E-state index in [0.717, 1.165) is 22.3 Å². The zero-order valence-electron chi connectivity index (χ0n) is 18.8. The van der Waals surface area contributed by atoms with E-state index in [0.29, 0.717) is 0 Å². The highest BCUT2D eigenvalue weighted by molar-refractivity contribution is 5.86. The third-order valence-electron chi connectivity index (χ3n) is 5.53. The molecule has 0 aromatic heterocycles. The molecule has 0 heterocycles. The van der Waals surface area contributed by atoms with Gasteiger partial charge in [-0.25, -0.2) is 13.6 Å². The van der Waals surface area contributed by atoms with Gasteiger partial charge in [-0.2, -0.15) is 0 Å². The summed E-state index contributed by atoms with van der Waals surface area (Å²) in [6.07, 6.45) is -4.89. The number of benzene rings is 2. The molecule has 34 heavy (non-hydrogen) atoms. The number of rotatable bonds is 10. The Balaban J connectivity index is 1.66. The maximum atomic E-state index is 13.1. The second-order valence-corrected chi connectivity index (χ2v) is 8.33. The quantitative estimate of drug-likeness (QED) is 0.488. The van der Waals surface area contributed by atoms with E-state index in [9.17, 15) is 23.2 Å². The van der Waals surface area contributed by atoms with Crippen LogP contribution in [-0.4, -0.2) is 73.7 Å². The minimum atomic E-state index is -3.07. The van der Waals surface area contributed by atoms with Gasteiger partial charge in [0.2, 0.25) is 5.91 Å². The van der Waals surface area contributed by atoms with E-state index in [2.05, 4.69) is 5.32 Å². The summed E-state index contributed by atoms with van der Waals surface area (Å²) >= 11 is 0. The number of hydrogen-bond acceptors (Lipinski definition) is 5. The molecule has 3 rings (SSSR count). The number of nitrogens with one attached hydrogen (secondary N) is 2. The number of nitrogens with zero attached hydrogens (tertiary/aromatic N) is 1. The number of alkyl carbamates (subject to hydrolysis) is 1. The smallest absolute Gasteiger partial charge is 0.407 e.